The zero-order valence-electron chi connectivity index (χ0n) is 37.0. The molecule has 0 aliphatic carbocycles. The van der Waals surface area contributed by atoms with Gasteiger partial charge in [-0.2, -0.15) is 0 Å². The summed E-state index contributed by atoms with van der Waals surface area (Å²) >= 11 is 29.3. The highest BCUT2D eigenvalue weighted by Gasteiger charge is 2.46. The predicted octanol–water partition coefficient (Wildman–Crippen LogP) is 14.9. The molecule has 8 nitrogen and oxygen atoms in total. The van der Waals surface area contributed by atoms with E-state index in [9.17, 15) is 9.59 Å². The summed E-state index contributed by atoms with van der Waals surface area (Å²) in [6.45, 7) is 0. The Labute approximate surface area is 454 Å². The Morgan fingerprint density at radius 1 is 0.429 bits per heavy atom. The van der Waals surface area contributed by atoms with Crippen LogP contribution >= 0.6 is 91.6 Å². The topological polar surface area (TPSA) is 84.9 Å². The van der Waals surface area contributed by atoms with Crippen LogP contribution in [0.2, 0.25) is 20.1 Å². The second kappa shape index (κ2) is 23.1. The minimum Gasteiger partial charge on any atom is -0.358 e. The van der Waals surface area contributed by atoms with E-state index in [-0.39, 0.29) is 11.8 Å². The molecule has 0 radical (unpaired) electrons. The fourth-order valence-electron chi connectivity index (χ4n) is 8.78. The van der Waals surface area contributed by atoms with Crippen LogP contribution in [-0.2, 0) is 31.9 Å². The molecule has 6 atom stereocenters. The van der Waals surface area contributed by atoms with E-state index >= 15 is 0 Å². The van der Waals surface area contributed by atoms with Crippen LogP contribution in [0.1, 0.15) is 57.7 Å². The van der Waals surface area contributed by atoms with Crippen LogP contribution in [0.5, 0.6) is 0 Å². The maximum absolute atomic E-state index is 14.0. The zero-order valence-corrected chi connectivity index (χ0v) is 44.4. The van der Waals surface area contributed by atoms with Gasteiger partial charge in [-0.15, -0.1) is 0 Å². The molecule has 8 aromatic rings. The number of morpholine rings is 2. The first-order chi connectivity index (χ1) is 34.0. The summed E-state index contributed by atoms with van der Waals surface area (Å²) in [6.07, 6.45) is 5.56. The van der Waals surface area contributed by atoms with Crippen LogP contribution in [0.3, 0.4) is 0 Å². The van der Waals surface area contributed by atoms with E-state index in [1.807, 2.05) is 180 Å². The van der Waals surface area contributed by atoms with Gasteiger partial charge in [-0.3, -0.25) is 29.4 Å². The average molecular weight is 1230 g/mol. The van der Waals surface area contributed by atoms with Crippen molar-refractivity contribution in [2.75, 3.05) is 9.80 Å². The molecule has 14 heteroatoms. The Morgan fingerprint density at radius 2 is 0.743 bits per heavy atom. The lowest BCUT2D eigenvalue weighted by molar-refractivity contribution is -0.145. The lowest BCUT2D eigenvalue weighted by Gasteiger charge is -2.44. The van der Waals surface area contributed by atoms with Crippen molar-refractivity contribution >= 4 is 115 Å². The molecule has 0 bridgehead atoms. The van der Waals surface area contributed by atoms with E-state index in [1.165, 1.54) is 0 Å². The first-order valence-corrected chi connectivity index (χ1v) is 25.9. The molecule has 2 fully saturated rings. The number of anilines is 2. The zero-order chi connectivity index (χ0) is 48.7. The van der Waals surface area contributed by atoms with Gasteiger partial charge in [0, 0.05) is 52.5 Å². The Bertz CT molecular complexity index is 2810. The van der Waals surface area contributed by atoms with Crippen LogP contribution in [0.4, 0.5) is 11.4 Å². The minimum absolute atomic E-state index is 0.110. The van der Waals surface area contributed by atoms with Crippen molar-refractivity contribution in [3.63, 3.8) is 0 Å². The van der Waals surface area contributed by atoms with E-state index in [2.05, 4.69) is 55.1 Å². The lowest BCUT2D eigenvalue weighted by atomic mass is 9.90. The number of carbonyl (C=O) groups excluding carboxylic acids is 2. The molecule has 2 aliphatic rings. The van der Waals surface area contributed by atoms with Gasteiger partial charge in [0.1, 0.15) is 24.4 Å². The minimum atomic E-state index is -0.667. The SMILES string of the molecule is O=C1[C@@H](Cc2ccc(I)cc2)O[C@H](c2ccc(Cl)cc2)C(c2ccc(Cl)cc2)N1c1cccnc1.O=C1[C@H](Cc2ccc(I)cc2)O[C@@H](c2ccc(Cl)cc2)[C@@H](c2ccc(Cl)cc2)N1c1cccnc1. The van der Waals surface area contributed by atoms with Gasteiger partial charge in [-0.25, -0.2) is 0 Å². The third kappa shape index (κ3) is 11.9. The summed E-state index contributed by atoms with van der Waals surface area (Å²) in [5, 5.41) is 2.54. The van der Waals surface area contributed by atoms with Crippen molar-refractivity contribution in [3.05, 3.63) is 255 Å². The predicted molar refractivity (Wildman–Crippen MR) is 296 cm³/mol. The van der Waals surface area contributed by atoms with Crippen LogP contribution in [0.25, 0.3) is 0 Å². The molecular formula is C56H42Cl4I2N4O4. The number of aromatic nitrogens is 2. The molecule has 0 saturated carbocycles. The van der Waals surface area contributed by atoms with Crippen LogP contribution in [0, 0.1) is 7.14 Å². The van der Waals surface area contributed by atoms with Gasteiger partial charge in [0.2, 0.25) is 0 Å². The molecule has 70 heavy (non-hydrogen) atoms. The fourth-order valence-corrected chi connectivity index (χ4v) is 10.00. The second-order valence-electron chi connectivity index (χ2n) is 16.7. The van der Waals surface area contributed by atoms with Crippen LogP contribution in [0.15, 0.2) is 195 Å². The van der Waals surface area contributed by atoms with Crippen LogP contribution in [-0.4, -0.2) is 34.0 Å². The van der Waals surface area contributed by atoms with E-state index in [1.54, 1.807) is 24.8 Å². The van der Waals surface area contributed by atoms with Crippen molar-refractivity contribution in [2.45, 2.75) is 49.3 Å². The van der Waals surface area contributed by atoms with Crippen molar-refractivity contribution in [1.29, 1.82) is 0 Å². The van der Waals surface area contributed by atoms with Gasteiger partial charge in [0.25, 0.3) is 11.8 Å². The monoisotopic (exact) mass is 1230 g/mol. The highest BCUT2D eigenvalue weighted by molar-refractivity contribution is 14.1. The number of halogens is 6. The third-order valence-corrected chi connectivity index (χ3v) is 14.6. The normalized spacial score (nSPS) is 20.1. The molecular weight excluding hydrogens is 1190 g/mol. The first-order valence-electron chi connectivity index (χ1n) is 22.3. The van der Waals surface area contributed by atoms with E-state index in [4.69, 9.17) is 55.9 Å². The van der Waals surface area contributed by atoms with Gasteiger partial charge >= 0.3 is 0 Å². The molecule has 6 aromatic carbocycles. The van der Waals surface area contributed by atoms with Crippen LogP contribution < -0.4 is 9.80 Å². The van der Waals surface area contributed by atoms with E-state index in [0.29, 0.717) is 44.3 Å². The highest BCUT2D eigenvalue weighted by Crippen LogP contribution is 2.47. The molecule has 10 rings (SSSR count). The lowest BCUT2D eigenvalue weighted by Crippen LogP contribution is -2.51. The van der Waals surface area contributed by atoms with E-state index in [0.717, 1.165) is 40.5 Å². The molecule has 2 aliphatic heterocycles. The van der Waals surface area contributed by atoms with Gasteiger partial charge in [-0.1, -0.05) is 119 Å². The quantitative estimate of drug-likeness (QED) is 0.127. The standard InChI is InChI=1S/2C28H21Cl2IN2O2/c2*29-21-9-5-19(6-10-21)26-27(20-7-11-22(30)12-8-20)35-25(16-18-3-13-23(31)14-4-18)28(34)33(26)24-2-1-15-32-17-24/h2*1-15,17,25-27H,16H2/t25-,26?,27-;25-,26+,27-/m10/s1. The number of hydrogen-bond donors (Lipinski definition) is 0. The fraction of sp³-hybridized carbons (Fsp3) is 0.143. The number of hydrogen-bond acceptors (Lipinski definition) is 6. The largest absolute Gasteiger partial charge is 0.358 e. The van der Waals surface area contributed by atoms with Gasteiger partial charge in [-0.05, 0) is 176 Å². The summed E-state index contributed by atoms with van der Waals surface area (Å²) in [6, 6.07) is 53.2. The number of amides is 2. The smallest absolute Gasteiger partial charge is 0.257 e. The number of benzene rings is 6. The third-order valence-electron chi connectivity index (χ3n) is 12.1. The molecule has 2 aromatic heterocycles. The summed E-state index contributed by atoms with van der Waals surface area (Å²) in [5.41, 5.74) is 7.20. The summed E-state index contributed by atoms with van der Waals surface area (Å²) in [4.78, 5) is 40.2. The summed E-state index contributed by atoms with van der Waals surface area (Å²) in [5.74, 6) is -0.219. The Balaban J connectivity index is 0.000000174. The number of rotatable bonds is 10. The number of carbonyl (C=O) groups is 2. The Kier molecular flexibility index (Phi) is 16.5. The van der Waals surface area contributed by atoms with Gasteiger partial charge in [0.05, 0.1) is 35.9 Å². The van der Waals surface area contributed by atoms with Gasteiger partial charge in [0.15, 0.2) is 0 Å². The molecule has 0 spiro atoms. The maximum Gasteiger partial charge on any atom is 0.257 e. The van der Waals surface area contributed by atoms with Crippen molar-refractivity contribution in [2.24, 2.45) is 0 Å². The molecule has 352 valence electrons. The summed E-state index contributed by atoms with van der Waals surface area (Å²) in [7, 11) is 0. The van der Waals surface area contributed by atoms with E-state index < -0.39 is 36.5 Å². The molecule has 2 amide bonds. The number of ether oxygens (including phenoxy) is 2. The van der Waals surface area contributed by atoms with Crippen molar-refractivity contribution < 1.29 is 19.1 Å². The average Bonchev–Trinajstić information content (AvgIpc) is 3.38. The van der Waals surface area contributed by atoms with Crippen molar-refractivity contribution in [3.8, 4) is 0 Å². The number of nitrogens with zero attached hydrogens (tertiary/aromatic N) is 4. The van der Waals surface area contributed by atoms with Crippen molar-refractivity contribution in [1.82, 2.24) is 9.97 Å². The molecule has 4 heterocycles. The number of pyridine rings is 2. The maximum atomic E-state index is 14.0. The first kappa shape index (κ1) is 50.1. The highest BCUT2D eigenvalue weighted by atomic mass is 127. The Hall–Kier alpha value is -4.90. The molecule has 1 unspecified atom stereocenters. The molecule has 0 N–H and O–H groups in total. The molecule has 2 saturated heterocycles. The van der Waals surface area contributed by atoms with Gasteiger partial charge < -0.3 is 9.47 Å². The second-order valence-corrected chi connectivity index (χ2v) is 20.9. The summed E-state index contributed by atoms with van der Waals surface area (Å²) < 4.78 is 15.5. The Morgan fingerprint density at radius 3 is 1.04 bits per heavy atom.